The number of ether oxygens (including phenoxy) is 2. The van der Waals surface area contributed by atoms with Crippen molar-refractivity contribution >= 4 is 47.3 Å². The Hall–Kier alpha value is -6.67. The smallest absolute Gasteiger partial charge is 0.416 e. The van der Waals surface area contributed by atoms with Crippen LogP contribution in [0, 0.1) is 0 Å². The van der Waals surface area contributed by atoms with Gasteiger partial charge in [-0.15, -0.1) is 0 Å². The summed E-state index contributed by atoms with van der Waals surface area (Å²) in [5.41, 5.74) is 5.82. The number of urea groups is 2. The predicted octanol–water partition coefficient (Wildman–Crippen LogP) is 8.02. The maximum absolute atomic E-state index is 13.0. The Labute approximate surface area is 339 Å². The summed E-state index contributed by atoms with van der Waals surface area (Å²) in [6, 6.07) is 37.3. The van der Waals surface area contributed by atoms with Gasteiger partial charge in [0.2, 0.25) is 0 Å². The van der Waals surface area contributed by atoms with Gasteiger partial charge in [0.1, 0.15) is 6.10 Å². The van der Waals surface area contributed by atoms with Crippen molar-refractivity contribution in [3.63, 3.8) is 0 Å². The Kier molecular flexibility index (Phi) is 12.3. The summed E-state index contributed by atoms with van der Waals surface area (Å²) >= 11 is 0. The molecule has 59 heavy (non-hydrogen) atoms. The SMILES string of the molecule is COC(=O)c1ccc(N2CCN(c3ccc(Cc4ccccc4)cc3)C2=O)cc1.O=COC1CN(Cc2ccc(N3CCN(c4cccc(C(F)(F)F)c4)C3=O)cc2)C1. The molecule has 304 valence electrons. The van der Waals surface area contributed by atoms with E-state index in [9.17, 15) is 32.3 Å². The van der Waals surface area contributed by atoms with E-state index in [0.29, 0.717) is 63.5 Å². The lowest BCUT2D eigenvalue weighted by atomic mass is 10.0. The highest BCUT2D eigenvalue weighted by Crippen LogP contribution is 2.33. The molecule has 5 aromatic rings. The van der Waals surface area contributed by atoms with Crippen LogP contribution in [-0.4, -0.2) is 81.9 Å². The van der Waals surface area contributed by atoms with Gasteiger partial charge < -0.3 is 9.47 Å². The fourth-order valence-electron chi connectivity index (χ4n) is 7.26. The number of alkyl halides is 3. The van der Waals surface area contributed by atoms with Crippen LogP contribution in [0.1, 0.15) is 32.6 Å². The first-order valence-corrected chi connectivity index (χ1v) is 19.1. The summed E-state index contributed by atoms with van der Waals surface area (Å²) < 4.78 is 48.5. The van der Waals surface area contributed by atoms with E-state index in [-0.39, 0.29) is 29.8 Å². The van der Waals surface area contributed by atoms with E-state index in [4.69, 9.17) is 9.47 Å². The first-order chi connectivity index (χ1) is 28.5. The Morgan fingerprint density at radius 1 is 0.644 bits per heavy atom. The molecule has 3 aliphatic rings. The highest BCUT2D eigenvalue weighted by atomic mass is 19.4. The van der Waals surface area contributed by atoms with Crippen molar-refractivity contribution in [3.05, 3.63) is 155 Å². The molecule has 5 aromatic carbocycles. The first kappa shape index (κ1) is 40.5. The van der Waals surface area contributed by atoms with Crippen LogP contribution in [0.25, 0.3) is 0 Å². The molecule has 11 nitrogen and oxygen atoms in total. The number of benzene rings is 5. The van der Waals surface area contributed by atoms with E-state index in [1.165, 1.54) is 35.3 Å². The van der Waals surface area contributed by atoms with Crippen molar-refractivity contribution in [2.75, 3.05) is 66.0 Å². The maximum Gasteiger partial charge on any atom is 0.416 e. The fraction of sp³-hybridized carbons (Fsp3) is 0.244. The highest BCUT2D eigenvalue weighted by molar-refractivity contribution is 6.07. The third-order valence-electron chi connectivity index (χ3n) is 10.4. The average Bonchev–Trinajstić information content (AvgIpc) is 3.82. The van der Waals surface area contributed by atoms with Gasteiger partial charge in [-0.2, -0.15) is 13.2 Å². The van der Waals surface area contributed by atoms with Crippen molar-refractivity contribution < 1.29 is 41.8 Å². The molecular weight excluding hydrogens is 764 g/mol. The van der Waals surface area contributed by atoms with Gasteiger partial charge in [0.25, 0.3) is 6.47 Å². The van der Waals surface area contributed by atoms with Crippen LogP contribution in [-0.2, 0) is 33.4 Å². The number of halogens is 3. The van der Waals surface area contributed by atoms with E-state index < -0.39 is 11.7 Å². The number of anilines is 4. The summed E-state index contributed by atoms with van der Waals surface area (Å²) in [7, 11) is 1.35. The van der Waals surface area contributed by atoms with E-state index in [2.05, 4.69) is 29.2 Å². The summed E-state index contributed by atoms with van der Waals surface area (Å²) in [5, 5.41) is 0. The van der Waals surface area contributed by atoms with Gasteiger partial charge in [0.05, 0.1) is 18.2 Å². The van der Waals surface area contributed by atoms with Crippen LogP contribution in [0.15, 0.2) is 127 Å². The molecule has 14 heteroatoms. The Morgan fingerprint density at radius 2 is 1.14 bits per heavy atom. The second-order valence-corrected chi connectivity index (χ2v) is 14.3. The molecule has 0 aromatic heterocycles. The summed E-state index contributed by atoms with van der Waals surface area (Å²) in [4.78, 5) is 56.2. The van der Waals surface area contributed by atoms with Crippen LogP contribution in [0.2, 0.25) is 0 Å². The third kappa shape index (κ3) is 9.56. The zero-order valence-electron chi connectivity index (χ0n) is 32.3. The third-order valence-corrected chi connectivity index (χ3v) is 10.4. The van der Waals surface area contributed by atoms with Crippen LogP contribution in [0.4, 0.5) is 45.5 Å². The topological polar surface area (TPSA) is 103 Å². The molecule has 0 saturated carbocycles. The molecule has 0 aliphatic carbocycles. The fourth-order valence-corrected chi connectivity index (χ4v) is 7.26. The van der Waals surface area contributed by atoms with Gasteiger partial charge in [-0.3, -0.25) is 29.3 Å². The van der Waals surface area contributed by atoms with Crippen LogP contribution in [0.3, 0.4) is 0 Å². The van der Waals surface area contributed by atoms with Gasteiger partial charge in [-0.25, -0.2) is 14.4 Å². The average molecular weight is 806 g/mol. The maximum atomic E-state index is 13.0. The molecule has 0 N–H and O–H groups in total. The van der Waals surface area contributed by atoms with E-state index in [0.717, 1.165) is 35.5 Å². The van der Waals surface area contributed by atoms with Gasteiger partial charge >= 0.3 is 24.2 Å². The van der Waals surface area contributed by atoms with Crippen LogP contribution in [0.5, 0.6) is 0 Å². The Bertz CT molecular complexity index is 2250. The Morgan fingerprint density at radius 3 is 1.64 bits per heavy atom. The van der Waals surface area contributed by atoms with Gasteiger partial charge in [0.15, 0.2) is 0 Å². The predicted molar refractivity (Wildman–Crippen MR) is 218 cm³/mol. The summed E-state index contributed by atoms with van der Waals surface area (Å²) in [6.07, 6.45) is -3.64. The summed E-state index contributed by atoms with van der Waals surface area (Å²) in [5.74, 6) is -0.387. The van der Waals surface area contributed by atoms with Crippen molar-refractivity contribution in [2.45, 2.75) is 25.2 Å². The largest absolute Gasteiger partial charge is 0.465 e. The quantitative estimate of drug-likeness (QED) is 0.0985. The minimum absolute atomic E-state index is 0.0502. The van der Waals surface area contributed by atoms with Crippen molar-refractivity contribution in [1.82, 2.24) is 4.90 Å². The number of carbonyl (C=O) groups excluding carboxylic acids is 4. The minimum atomic E-state index is -4.45. The van der Waals surface area contributed by atoms with E-state index >= 15 is 0 Å². The summed E-state index contributed by atoms with van der Waals surface area (Å²) in [6.45, 7) is 4.49. The highest BCUT2D eigenvalue weighted by Gasteiger charge is 2.35. The molecule has 8 rings (SSSR count). The lowest BCUT2D eigenvalue weighted by Gasteiger charge is -2.37. The van der Waals surface area contributed by atoms with E-state index in [1.807, 2.05) is 54.6 Å². The zero-order chi connectivity index (χ0) is 41.5. The van der Waals surface area contributed by atoms with Crippen LogP contribution < -0.4 is 19.6 Å². The normalized spacial score (nSPS) is 15.8. The molecular formula is C45H42F3N5O6. The second kappa shape index (κ2) is 17.9. The number of hydrogen-bond acceptors (Lipinski definition) is 7. The standard InChI is InChI=1S/C24H22N2O3.C21H20F3N3O3/c1-29-23(27)20-9-13-22(14-10-20)26-16-15-25(24(26)28)21-11-7-19(8-12-21)17-18-5-3-2-4-6-18;22-21(23,24)16-2-1-3-18(10-16)27-9-8-26(20(27)29)17-6-4-15(5-7-17)11-25-12-19(13-25)30-14-28/h2-14H,15-17H2,1H3;1-7,10,14,19H,8-9,11-13H2. The van der Waals surface area contributed by atoms with Crippen molar-refractivity contribution in [3.8, 4) is 0 Å². The minimum Gasteiger partial charge on any atom is -0.465 e. The molecule has 3 heterocycles. The second-order valence-electron chi connectivity index (χ2n) is 14.3. The number of nitrogens with zero attached hydrogens (tertiary/aromatic N) is 5. The number of methoxy groups -OCH3 is 1. The molecule has 3 aliphatic heterocycles. The molecule has 0 radical (unpaired) electrons. The van der Waals surface area contributed by atoms with Crippen molar-refractivity contribution in [2.24, 2.45) is 0 Å². The zero-order valence-corrected chi connectivity index (χ0v) is 32.3. The van der Waals surface area contributed by atoms with Crippen molar-refractivity contribution in [1.29, 1.82) is 0 Å². The molecule has 0 bridgehead atoms. The molecule has 4 amide bonds. The van der Waals surface area contributed by atoms with Crippen LogP contribution >= 0.6 is 0 Å². The lowest BCUT2D eigenvalue weighted by Crippen LogP contribution is -2.51. The molecule has 3 saturated heterocycles. The number of esters is 1. The molecule has 0 unspecified atom stereocenters. The van der Waals surface area contributed by atoms with Gasteiger partial charge in [-0.1, -0.05) is 60.7 Å². The molecule has 0 spiro atoms. The van der Waals surface area contributed by atoms with Gasteiger partial charge in [0, 0.05) is 68.6 Å². The Balaban J connectivity index is 0.000000179. The molecule has 0 atom stereocenters. The number of amides is 4. The monoisotopic (exact) mass is 805 g/mol. The molecule has 3 fully saturated rings. The number of hydrogen-bond donors (Lipinski definition) is 0. The lowest BCUT2D eigenvalue weighted by molar-refractivity contribution is -0.142. The first-order valence-electron chi connectivity index (χ1n) is 19.1. The number of carbonyl (C=O) groups is 4. The van der Waals surface area contributed by atoms with E-state index in [1.54, 1.807) is 39.0 Å². The number of likely N-dealkylation sites (tertiary alicyclic amines) is 1. The van der Waals surface area contributed by atoms with Gasteiger partial charge in [-0.05, 0) is 89.8 Å². The number of rotatable bonds is 11.